The molecule has 3 heterocycles. The van der Waals surface area contributed by atoms with E-state index in [0.29, 0.717) is 29.6 Å². The molecule has 7 nitrogen and oxygen atoms in total. The van der Waals surface area contributed by atoms with Crippen molar-refractivity contribution in [2.75, 3.05) is 23.3 Å². The van der Waals surface area contributed by atoms with E-state index in [1.165, 1.54) is 31.4 Å². The number of benzene rings is 1. The van der Waals surface area contributed by atoms with E-state index in [1.807, 2.05) is 63.4 Å². The van der Waals surface area contributed by atoms with Gasteiger partial charge in [0.15, 0.2) is 0 Å². The van der Waals surface area contributed by atoms with Crippen molar-refractivity contribution in [1.82, 2.24) is 15.3 Å². The zero-order valence-corrected chi connectivity index (χ0v) is 23.4. The van der Waals surface area contributed by atoms with Crippen molar-refractivity contribution >= 4 is 11.5 Å². The molecule has 0 amide bonds. The Bertz CT molecular complexity index is 1280. The lowest BCUT2D eigenvalue weighted by atomic mass is 9.89. The van der Waals surface area contributed by atoms with Crippen molar-refractivity contribution in [2.45, 2.75) is 83.0 Å². The quantitative estimate of drug-likeness (QED) is 0.382. The summed E-state index contributed by atoms with van der Waals surface area (Å²) in [7, 11) is 0. The Morgan fingerprint density at radius 1 is 0.974 bits per heavy atom. The number of anilines is 2. The van der Waals surface area contributed by atoms with E-state index in [1.54, 1.807) is 0 Å². The summed E-state index contributed by atoms with van der Waals surface area (Å²) in [6, 6.07) is 21.4. The van der Waals surface area contributed by atoms with Crippen molar-refractivity contribution < 1.29 is 4.74 Å². The number of piperidine rings is 1. The Labute approximate surface area is 232 Å². The number of rotatable bonds is 7. The first kappa shape index (κ1) is 27.0. The van der Waals surface area contributed by atoms with Gasteiger partial charge in [-0.1, -0.05) is 18.9 Å². The largest absolute Gasteiger partial charge is 0.472 e. The lowest BCUT2D eigenvalue weighted by Gasteiger charge is -2.40. The number of nitrogens with zero attached hydrogens (tertiary/aromatic N) is 4. The maximum atomic E-state index is 9.12. The predicted molar refractivity (Wildman–Crippen MR) is 157 cm³/mol. The van der Waals surface area contributed by atoms with Gasteiger partial charge in [-0.2, -0.15) is 5.26 Å². The van der Waals surface area contributed by atoms with E-state index in [-0.39, 0.29) is 5.60 Å². The molecule has 0 spiro atoms. The topological polar surface area (TPSA) is 86.1 Å². The summed E-state index contributed by atoms with van der Waals surface area (Å²) in [6.07, 6.45) is 8.98. The molecule has 1 aliphatic carbocycles. The van der Waals surface area contributed by atoms with Crippen LogP contribution >= 0.6 is 0 Å². The van der Waals surface area contributed by atoms with Crippen molar-refractivity contribution in [3.05, 3.63) is 66.4 Å². The molecule has 0 radical (unpaired) electrons. The molecular formula is C32H40N6O. The molecule has 5 rings (SSSR count). The van der Waals surface area contributed by atoms with Crippen molar-refractivity contribution in [2.24, 2.45) is 0 Å². The molecule has 1 aromatic carbocycles. The van der Waals surface area contributed by atoms with Crippen LogP contribution < -0.4 is 20.3 Å². The number of ether oxygens (including phenoxy) is 1. The van der Waals surface area contributed by atoms with E-state index in [4.69, 9.17) is 15.0 Å². The summed E-state index contributed by atoms with van der Waals surface area (Å²) >= 11 is 0. The zero-order chi connectivity index (χ0) is 27.2. The summed E-state index contributed by atoms with van der Waals surface area (Å²) in [6.45, 7) is 8.14. The summed E-state index contributed by atoms with van der Waals surface area (Å²) < 4.78 is 5.98. The molecule has 0 bridgehead atoms. The summed E-state index contributed by atoms with van der Waals surface area (Å²) in [5, 5.41) is 16.9. The number of pyridine rings is 2. The smallest absolute Gasteiger partial charge is 0.214 e. The minimum Gasteiger partial charge on any atom is -0.472 e. The molecule has 204 valence electrons. The predicted octanol–water partition coefficient (Wildman–Crippen LogP) is 6.17. The molecule has 3 atom stereocenters. The second-order valence-corrected chi connectivity index (χ2v) is 11.8. The highest BCUT2D eigenvalue weighted by Gasteiger charge is 2.29. The van der Waals surface area contributed by atoms with Crippen LogP contribution in [0.1, 0.15) is 64.9 Å². The van der Waals surface area contributed by atoms with Gasteiger partial charge < -0.3 is 20.3 Å². The molecule has 2 N–H and O–H groups in total. The Hall–Kier alpha value is -3.63. The third kappa shape index (κ3) is 7.27. The maximum absolute atomic E-state index is 9.12. The molecule has 2 fully saturated rings. The van der Waals surface area contributed by atoms with Crippen LogP contribution in [0, 0.1) is 11.3 Å². The van der Waals surface area contributed by atoms with Gasteiger partial charge in [0.2, 0.25) is 5.88 Å². The monoisotopic (exact) mass is 524 g/mol. The fraction of sp³-hybridized carbons (Fsp3) is 0.469. The minimum atomic E-state index is -0.295. The average molecular weight is 525 g/mol. The summed E-state index contributed by atoms with van der Waals surface area (Å²) in [5.74, 6) is 1.52. The Morgan fingerprint density at radius 2 is 1.77 bits per heavy atom. The highest BCUT2D eigenvalue weighted by molar-refractivity contribution is 5.63. The molecule has 0 unspecified atom stereocenters. The van der Waals surface area contributed by atoms with Gasteiger partial charge in [-0.3, -0.25) is 0 Å². The van der Waals surface area contributed by atoms with Gasteiger partial charge in [0, 0.05) is 54.7 Å². The molecule has 3 aromatic rings. The molecule has 7 heteroatoms. The fourth-order valence-corrected chi connectivity index (χ4v) is 5.71. The van der Waals surface area contributed by atoms with Crippen LogP contribution in [-0.4, -0.2) is 46.8 Å². The normalized spacial score (nSPS) is 21.7. The van der Waals surface area contributed by atoms with E-state index in [0.717, 1.165) is 43.0 Å². The minimum absolute atomic E-state index is 0.295. The molecule has 1 saturated carbocycles. The fourth-order valence-electron chi connectivity index (χ4n) is 5.71. The first-order valence-corrected chi connectivity index (χ1v) is 14.3. The number of aromatic nitrogens is 2. The van der Waals surface area contributed by atoms with Gasteiger partial charge >= 0.3 is 0 Å². The van der Waals surface area contributed by atoms with Crippen molar-refractivity contribution in [3.63, 3.8) is 0 Å². The SMILES string of the molecule is CC(C)(C)Oc1cccc(-c2ccnc(N[C@@H]3CCCC[C@H]3N[C@H]3CCCN(c4ccc(C#N)cc4)C3)c2)n1. The Kier molecular flexibility index (Phi) is 8.33. The lowest BCUT2D eigenvalue weighted by molar-refractivity contribution is 0.124. The Balaban J connectivity index is 1.24. The third-order valence-electron chi connectivity index (χ3n) is 7.52. The van der Waals surface area contributed by atoms with E-state index in [2.05, 4.69) is 44.8 Å². The van der Waals surface area contributed by atoms with Gasteiger partial charge in [-0.25, -0.2) is 9.97 Å². The molecule has 1 aliphatic heterocycles. The van der Waals surface area contributed by atoms with Crippen molar-refractivity contribution in [3.8, 4) is 23.2 Å². The van der Waals surface area contributed by atoms with Gasteiger partial charge in [-0.05, 0) is 88.9 Å². The first-order chi connectivity index (χ1) is 18.9. The summed E-state index contributed by atoms with van der Waals surface area (Å²) in [5.41, 5.74) is 3.52. The number of nitriles is 1. The van der Waals surface area contributed by atoms with Crippen LogP contribution in [0.5, 0.6) is 5.88 Å². The van der Waals surface area contributed by atoms with Gasteiger partial charge in [0.05, 0.1) is 17.3 Å². The number of nitrogens with one attached hydrogen (secondary N) is 2. The second-order valence-electron chi connectivity index (χ2n) is 11.8. The molecule has 1 saturated heterocycles. The maximum Gasteiger partial charge on any atom is 0.214 e. The number of hydrogen-bond donors (Lipinski definition) is 2. The lowest BCUT2D eigenvalue weighted by Crippen LogP contribution is -2.54. The molecule has 2 aromatic heterocycles. The van der Waals surface area contributed by atoms with Crippen LogP contribution in [0.3, 0.4) is 0 Å². The zero-order valence-electron chi connectivity index (χ0n) is 23.4. The van der Waals surface area contributed by atoms with Crippen LogP contribution in [0.2, 0.25) is 0 Å². The van der Waals surface area contributed by atoms with Gasteiger partial charge in [0.1, 0.15) is 11.4 Å². The van der Waals surface area contributed by atoms with E-state index >= 15 is 0 Å². The van der Waals surface area contributed by atoms with Gasteiger partial charge in [-0.15, -0.1) is 0 Å². The summed E-state index contributed by atoms with van der Waals surface area (Å²) in [4.78, 5) is 11.8. The third-order valence-corrected chi connectivity index (χ3v) is 7.52. The first-order valence-electron chi connectivity index (χ1n) is 14.3. The number of hydrogen-bond acceptors (Lipinski definition) is 7. The Morgan fingerprint density at radius 3 is 2.54 bits per heavy atom. The van der Waals surface area contributed by atoms with Crippen LogP contribution in [-0.2, 0) is 0 Å². The van der Waals surface area contributed by atoms with Gasteiger partial charge in [0.25, 0.3) is 0 Å². The van der Waals surface area contributed by atoms with E-state index in [9.17, 15) is 0 Å². The highest BCUT2D eigenvalue weighted by Crippen LogP contribution is 2.27. The average Bonchev–Trinajstić information content (AvgIpc) is 2.94. The molecule has 39 heavy (non-hydrogen) atoms. The second kappa shape index (κ2) is 12.0. The molecule has 2 aliphatic rings. The van der Waals surface area contributed by atoms with Crippen LogP contribution in [0.15, 0.2) is 60.8 Å². The van der Waals surface area contributed by atoms with Crippen LogP contribution in [0.25, 0.3) is 11.3 Å². The standard InChI is InChI=1S/C32H40N6O/c1-32(2,3)39-31-12-6-11-27(37-31)24-17-18-34-30(20-24)36-29-10-5-4-9-28(29)35-25-8-7-19-38(22-25)26-15-13-23(21-33)14-16-26/h6,11-18,20,25,28-29,35H,4-5,7-10,19,22H2,1-3H3,(H,34,36)/t25-,28+,29+/m0/s1. The highest BCUT2D eigenvalue weighted by atomic mass is 16.5. The van der Waals surface area contributed by atoms with Crippen LogP contribution in [0.4, 0.5) is 11.5 Å². The van der Waals surface area contributed by atoms with E-state index < -0.39 is 0 Å². The molecular weight excluding hydrogens is 484 g/mol. The van der Waals surface area contributed by atoms with Crippen molar-refractivity contribution in [1.29, 1.82) is 5.26 Å².